The predicted octanol–water partition coefficient (Wildman–Crippen LogP) is -0.126. The zero-order valence-corrected chi connectivity index (χ0v) is 31.2. The van der Waals surface area contributed by atoms with Gasteiger partial charge in [0.05, 0.1) is 6.61 Å². The van der Waals surface area contributed by atoms with E-state index in [0.29, 0.717) is 0 Å². The van der Waals surface area contributed by atoms with Crippen molar-refractivity contribution >= 4 is 47.8 Å². The predicted molar refractivity (Wildman–Crippen MR) is 170 cm³/mol. The Bertz CT molecular complexity index is 1450. The summed E-state index contributed by atoms with van der Waals surface area (Å²) in [4.78, 5) is 95.5. The lowest BCUT2D eigenvalue weighted by Gasteiger charge is -2.44. The topological polar surface area (TPSA) is 273 Å². The molecule has 3 heterocycles. The van der Waals surface area contributed by atoms with Gasteiger partial charge in [-0.15, -0.1) is 0 Å². The summed E-state index contributed by atoms with van der Waals surface area (Å²) < 4.78 is 71.2. The van der Waals surface area contributed by atoms with Gasteiger partial charge in [0, 0.05) is 61.5 Å². The molecule has 2 aliphatic heterocycles. The summed E-state index contributed by atoms with van der Waals surface area (Å²) >= 11 is 0. The van der Waals surface area contributed by atoms with E-state index in [0.717, 1.165) is 55.4 Å². The molecule has 0 aliphatic carbocycles. The van der Waals surface area contributed by atoms with Gasteiger partial charge in [0.15, 0.2) is 55.0 Å². The van der Waals surface area contributed by atoms with Gasteiger partial charge in [-0.05, 0) is 0 Å². The maximum absolute atomic E-state index is 12.1. The van der Waals surface area contributed by atoms with E-state index in [1.54, 1.807) is 0 Å². The fourth-order valence-electron chi connectivity index (χ4n) is 5.47. The van der Waals surface area contributed by atoms with Crippen LogP contribution in [0.25, 0.3) is 0 Å². The van der Waals surface area contributed by atoms with E-state index >= 15 is 0 Å². The van der Waals surface area contributed by atoms with Gasteiger partial charge in [0.2, 0.25) is 0 Å². The molecule has 306 valence electrons. The first-order chi connectivity index (χ1) is 25.8. The zero-order chi connectivity index (χ0) is 41.0. The third-order valence-corrected chi connectivity index (χ3v) is 7.29. The van der Waals surface area contributed by atoms with Crippen molar-refractivity contribution in [2.75, 3.05) is 13.2 Å². The number of carbonyl (C=O) groups is 8. The Balaban J connectivity index is 1.83. The largest absolute Gasteiger partial charge is 0.463 e. The molecule has 0 N–H and O–H groups in total. The van der Waals surface area contributed by atoms with Crippen LogP contribution in [0.4, 0.5) is 0 Å². The first-order valence-electron chi connectivity index (χ1n) is 16.6. The normalized spacial score (nSPS) is 27.4. The minimum absolute atomic E-state index is 0.0491. The molecular formula is C33H43NO21. The monoisotopic (exact) mass is 789 g/mol. The van der Waals surface area contributed by atoms with E-state index in [4.69, 9.17) is 61.4 Å². The van der Waals surface area contributed by atoms with Crippen molar-refractivity contribution in [1.29, 1.82) is 0 Å². The Labute approximate surface area is 313 Å². The molecule has 22 nitrogen and oxygen atoms in total. The molecule has 0 saturated carbocycles. The Hall–Kier alpha value is -5.19. The molecule has 0 bridgehead atoms. The van der Waals surface area contributed by atoms with Crippen LogP contribution in [0.15, 0.2) is 10.6 Å². The van der Waals surface area contributed by atoms with Crippen LogP contribution in [-0.4, -0.2) is 128 Å². The van der Waals surface area contributed by atoms with Crippen LogP contribution in [0.1, 0.15) is 66.8 Å². The van der Waals surface area contributed by atoms with E-state index in [-0.39, 0.29) is 11.5 Å². The van der Waals surface area contributed by atoms with Crippen molar-refractivity contribution in [3.8, 4) is 0 Å². The van der Waals surface area contributed by atoms with Gasteiger partial charge >= 0.3 is 47.8 Å². The molecule has 3 rings (SSSR count). The van der Waals surface area contributed by atoms with Crippen LogP contribution in [0, 0.1) is 0 Å². The number of esters is 8. The van der Waals surface area contributed by atoms with Gasteiger partial charge in [-0.1, -0.05) is 5.16 Å². The molecule has 1 aromatic heterocycles. The van der Waals surface area contributed by atoms with Gasteiger partial charge in [-0.3, -0.25) is 38.4 Å². The summed E-state index contributed by atoms with van der Waals surface area (Å²) in [5.41, 5.74) is 0.119. The van der Waals surface area contributed by atoms with E-state index in [2.05, 4.69) is 5.16 Å². The van der Waals surface area contributed by atoms with Gasteiger partial charge < -0.3 is 61.4 Å². The quantitative estimate of drug-likeness (QED) is 0.156. The van der Waals surface area contributed by atoms with Crippen molar-refractivity contribution in [3.63, 3.8) is 0 Å². The first kappa shape index (κ1) is 44.2. The average molecular weight is 790 g/mol. The highest BCUT2D eigenvalue weighted by molar-refractivity contribution is 5.70. The summed E-state index contributed by atoms with van der Waals surface area (Å²) in [6.07, 6.45) is -14.2. The second kappa shape index (κ2) is 20.5. The lowest BCUT2D eigenvalue weighted by molar-refractivity contribution is -0.311. The van der Waals surface area contributed by atoms with Crippen molar-refractivity contribution in [2.45, 2.75) is 130 Å². The lowest BCUT2D eigenvalue weighted by atomic mass is 9.98. The number of nitrogens with zero attached hydrogens (tertiary/aromatic N) is 1. The third kappa shape index (κ3) is 13.9. The number of carbonyl (C=O) groups excluding carboxylic acids is 8. The number of aromatic nitrogens is 1. The molecule has 1 aromatic rings. The highest BCUT2D eigenvalue weighted by Gasteiger charge is 2.54. The fourth-order valence-corrected chi connectivity index (χ4v) is 5.47. The lowest BCUT2D eigenvalue weighted by Crippen LogP contribution is -2.62. The van der Waals surface area contributed by atoms with Crippen molar-refractivity contribution in [3.05, 3.63) is 17.5 Å². The van der Waals surface area contributed by atoms with Crippen LogP contribution in [0.2, 0.25) is 0 Å². The molecule has 2 aliphatic rings. The highest BCUT2D eigenvalue weighted by Crippen LogP contribution is 2.32. The smallest absolute Gasteiger partial charge is 0.303 e. The summed E-state index contributed by atoms with van der Waals surface area (Å²) in [7, 11) is 0. The van der Waals surface area contributed by atoms with E-state index in [9.17, 15) is 38.4 Å². The molecule has 22 heteroatoms. The number of ether oxygens (including phenoxy) is 12. The summed E-state index contributed by atoms with van der Waals surface area (Å²) in [6, 6.07) is 1.37. The minimum Gasteiger partial charge on any atom is -0.463 e. The van der Waals surface area contributed by atoms with Crippen LogP contribution in [0.3, 0.4) is 0 Å². The van der Waals surface area contributed by atoms with E-state index < -0.39 is 136 Å². The molecule has 2 saturated heterocycles. The molecule has 55 heavy (non-hydrogen) atoms. The van der Waals surface area contributed by atoms with Crippen LogP contribution in [0.5, 0.6) is 0 Å². The maximum atomic E-state index is 12.1. The van der Waals surface area contributed by atoms with E-state index in [1.165, 1.54) is 6.07 Å². The number of rotatable bonds is 16. The van der Waals surface area contributed by atoms with Crippen LogP contribution < -0.4 is 0 Å². The molecule has 0 unspecified atom stereocenters. The Morgan fingerprint density at radius 3 is 1.20 bits per heavy atom. The summed E-state index contributed by atoms with van der Waals surface area (Å²) in [5.74, 6) is -6.28. The van der Waals surface area contributed by atoms with Gasteiger partial charge in [0.25, 0.3) is 0 Å². The standard InChI is InChI=1S/C33H43NO21/c1-14(35)43-12-24-26(47-16(3)37)28(49-18(5)39)30(51-20(7)41)32(53-24)45-10-22-9-23(55-34-22)11-46-33-31(52-21(8)42)29(50-19(6)40)27(48-17(4)38)25(54-33)13-44-15(2)36/h9,24-33H,10-13H2,1-8H3/t24-,25-,26-,27-,28+,29+,30-,31-,32-,33-/m1/s1. The average Bonchev–Trinajstić information content (AvgIpc) is 3.52. The van der Waals surface area contributed by atoms with Gasteiger partial charge in [-0.2, -0.15) is 0 Å². The molecule has 2 fully saturated rings. The Morgan fingerprint density at radius 1 is 0.491 bits per heavy atom. The number of hydrogen-bond donors (Lipinski definition) is 0. The first-order valence-corrected chi connectivity index (χ1v) is 16.6. The Morgan fingerprint density at radius 2 is 0.836 bits per heavy atom. The Kier molecular flexibility index (Phi) is 16.5. The summed E-state index contributed by atoms with van der Waals surface area (Å²) in [5, 5.41) is 3.90. The molecule has 10 atom stereocenters. The molecule has 0 spiro atoms. The van der Waals surface area contributed by atoms with Crippen LogP contribution >= 0.6 is 0 Å². The van der Waals surface area contributed by atoms with Crippen molar-refractivity contribution < 1.29 is 99.7 Å². The second-order valence-electron chi connectivity index (χ2n) is 12.0. The fraction of sp³-hybridized carbons (Fsp3) is 0.667. The molecule has 0 aromatic carbocycles. The maximum Gasteiger partial charge on any atom is 0.303 e. The molecule has 0 amide bonds. The highest BCUT2D eigenvalue weighted by atomic mass is 16.7. The third-order valence-electron chi connectivity index (χ3n) is 7.29. The minimum atomic E-state index is -1.51. The van der Waals surface area contributed by atoms with Crippen LogP contribution in [-0.2, 0) is 108 Å². The zero-order valence-electron chi connectivity index (χ0n) is 31.2. The SMILES string of the molecule is CC(=O)OC[C@H]1O[C@@H](OCc2cc(CO[C@@H]3O[C@H](COC(C)=O)[C@@H](OC(C)=O)[C@H](OC(C)=O)[C@H]3OC(C)=O)on2)[C@H](OC(C)=O)[C@@H](OC(C)=O)[C@@H]1OC(C)=O. The van der Waals surface area contributed by atoms with Gasteiger partial charge in [-0.25, -0.2) is 0 Å². The summed E-state index contributed by atoms with van der Waals surface area (Å²) in [6.45, 7) is 6.96. The van der Waals surface area contributed by atoms with Crippen molar-refractivity contribution in [2.24, 2.45) is 0 Å². The molecular weight excluding hydrogens is 746 g/mol. The van der Waals surface area contributed by atoms with E-state index in [1.807, 2.05) is 0 Å². The van der Waals surface area contributed by atoms with Gasteiger partial charge in [0.1, 0.15) is 37.7 Å². The number of hydrogen-bond acceptors (Lipinski definition) is 22. The van der Waals surface area contributed by atoms with Crippen molar-refractivity contribution in [1.82, 2.24) is 5.16 Å². The second-order valence-corrected chi connectivity index (χ2v) is 12.0. The molecule has 0 radical (unpaired) electrons.